The molecule has 1 unspecified atom stereocenters. The number of aromatic nitrogens is 2. The van der Waals surface area contributed by atoms with Gasteiger partial charge in [-0.15, -0.1) is 0 Å². The Hall–Kier alpha value is -1.56. The van der Waals surface area contributed by atoms with Crippen molar-refractivity contribution in [1.82, 2.24) is 24.9 Å². The fraction of sp³-hybridized carbons (Fsp3) is 0.789. The van der Waals surface area contributed by atoms with Gasteiger partial charge in [0.15, 0.2) is 5.96 Å². The lowest BCUT2D eigenvalue weighted by Crippen LogP contribution is -2.41. The molecule has 140 valence electrons. The SMILES string of the molecule is CN=C(NCCCN1CCC(C)CC1)N1CCC(c2cnn(C)c2)C1. The van der Waals surface area contributed by atoms with Crippen LogP contribution in [0.15, 0.2) is 17.4 Å². The number of aliphatic imine (C=N–C) groups is 1. The van der Waals surface area contributed by atoms with Gasteiger partial charge in [0.25, 0.3) is 0 Å². The fourth-order valence-corrected chi connectivity index (χ4v) is 4.00. The first-order valence-corrected chi connectivity index (χ1v) is 9.82. The second-order valence-electron chi connectivity index (χ2n) is 7.73. The van der Waals surface area contributed by atoms with E-state index in [2.05, 4.69) is 38.3 Å². The van der Waals surface area contributed by atoms with E-state index >= 15 is 0 Å². The highest BCUT2D eigenvalue weighted by Crippen LogP contribution is 2.26. The molecule has 1 aromatic heterocycles. The first-order valence-electron chi connectivity index (χ1n) is 9.82. The van der Waals surface area contributed by atoms with Crippen molar-refractivity contribution in [2.75, 3.05) is 46.3 Å². The zero-order valence-electron chi connectivity index (χ0n) is 16.1. The molecule has 2 saturated heterocycles. The minimum Gasteiger partial charge on any atom is -0.356 e. The van der Waals surface area contributed by atoms with E-state index < -0.39 is 0 Å². The van der Waals surface area contributed by atoms with Crippen molar-refractivity contribution in [2.45, 2.75) is 38.5 Å². The van der Waals surface area contributed by atoms with E-state index in [1.165, 1.54) is 50.9 Å². The molecule has 0 saturated carbocycles. The fourth-order valence-electron chi connectivity index (χ4n) is 4.00. The molecule has 0 aromatic carbocycles. The third-order valence-electron chi connectivity index (χ3n) is 5.71. The van der Waals surface area contributed by atoms with Crippen LogP contribution in [0.1, 0.15) is 44.1 Å². The standard InChI is InChI=1S/C19H34N6/c1-16-5-10-24(11-6-16)9-4-8-21-19(20-2)25-12-7-17(15-25)18-13-22-23(3)14-18/h13-14,16-17H,4-12,15H2,1-3H3,(H,20,21). The molecule has 6 nitrogen and oxygen atoms in total. The van der Waals surface area contributed by atoms with Crippen molar-refractivity contribution in [1.29, 1.82) is 0 Å². The molecule has 3 rings (SSSR count). The molecule has 2 aliphatic rings. The van der Waals surface area contributed by atoms with E-state index in [1.807, 2.05) is 25.0 Å². The summed E-state index contributed by atoms with van der Waals surface area (Å²) >= 11 is 0. The molecule has 0 spiro atoms. The highest BCUT2D eigenvalue weighted by Gasteiger charge is 2.26. The van der Waals surface area contributed by atoms with Gasteiger partial charge in [0.1, 0.15) is 0 Å². The second-order valence-corrected chi connectivity index (χ2v) is 7.73. The van der Waals surface area contributed by atoms with Gasteiger partial charge in [-0.25, -0.2) is 0 Å². The first-order chi connectivity index (χ1) is 12.2. The maximum Gasteiger partial charge on any atom is 0.193 e. The van der Waals surface area contributed by atoms with Gasteiger partial charge in [-0.2, -0.15) is 5.10 Å². The minimum absolute atomic E-state index is 0.572. The van der Waals surface area contributed by atoms with E-state index in [1.54, 1.807) is 0 Å². The number of rotatable bonds is 5. The van der Waals surface area contributed by atoms with Gasteiger partial charge in [-0.3, -0.25) is 9.67 Å². The van der Waals surface area contributed by atoms with Crippen LogP contribution < -0.4 is 5.32 Å². The van der Waals surface area contributed by atoms with Gasteiger partial charge >= 0.3 is 0 Å². The summed E-state index contributed by atoms with van der Waals surface area (Å²) in [6.45, 7) is 9.24. The quantitative estimate of drug-likeness (QED) is 0.503. The summed E-state index contributed by atoms with van der Waals surface area (Å²) in [7, 11) is 3.88. The van der Waals surface area contributed by atoms with Crippen LogP contribution in [0.4, 0.5) is 0 Å². The Morgan fingerprint density at radius 2 is 2.08 bits per heavy atom. The highest BCUT2D eigenvalue weighted by atomic mass is 15.3. The van der Waals surface area contributed by atoms with E-state index in [0.29, 0.717) is 5.92 Å². The maximum atomic E-state index is 4.49. The summed E-state index contributed by atoms with van der Waals surface area (Å²) in [5, 5.41) is 7.87. The number of hydrogen-bond acceptors (Lipinski definition) is 3. The van der Waals surface area contributed by atoms with Crippen LogP contribution >= 0.6 is 0 Å². The monoisotopic (exact) mass is 346 g/mol. The smallest absolute Gasteiger partial charge is 0.193 e. The van der Waals surface area contributed by atoms with Crippen LogP contribution in [0, 0.1) is 5.92 Å². The largest absolute Gasteiger partial charge is 0.356 e. The Morgan fingerprint density at radius 3 is 2.76 bits per heavy atom. The van der Waals surface area contributed by atoms with Gasteiger partial charge in [-0.05, 0) is 56.8 Å². The summed E-state index contributed by atoms with van der Waals surface area (Å²) < 4.78 is 1.90. The number of aryl methyl sites for hydroxylation is 1. The average molecular weight is 347 g/mol. The molecular formula is C19H34N6. The number of piperidine rings is 1. The Kier molecular flexibility index (Phi) is 6.34. The van der Waals surface area contributed by atoms with E-state index in [9.17, 15) is 0 Å². The zero-order valence-corrected chi connectivity index (χ0v) is 16.1. The number of nitrogens with one attached hydrogen (secondary N) is 1. The van der Waals surface area contributed by atoms with Crippen LogP contribution in [0.3, 0.4) is 0 Å². The van der Waals surface area contributed by atoms with Crippen molar-refractivity contribution in [3.8, 4) is 0 Å². The summed E-state index contributed by atoms with van der Waals surface area (Å²) in [5.41, 5.74) is 1.35. The second kappa shape index (κ2) is 8.70. The molecule has 0 bridgehead atoms. The summed E-state index contributed by atoms with van der Waals surface area (Å²) in [6.07, 6.45) is 9.23. The number of hydrogen-bond donors (Lipinski definition) is 1. The third kappa shape index (κ3) is 4.97. The topological polar surface area (TPSA) is 48.7 Å². The van der Waals surface area contributed by atoms with E-state index in [0.717, 1.165) is 31.5 Å². The summed E-state index contributed by atoms with van der Waals surface area (Å²) in [5.74, 6) is 2.54. The normalized spacial score (nSPS) is 23.4. The Bertz CT molecular complexity index is 558. The van der Waals surface area contributed by atoms with Gasteiger partial charge < -0.3 is 15.1 Å². The predicted molar refractivity (Wildman–Crippen MR) is 103 cm³/mol. The molecule has 0 aliphatic carbocycles. The lowest BCUT2D eigenvalue weighted by molar-refractivity contribution is 0.191. The Morgan fingerprint density at radius 1 is 1.28 bits per heavy atom. The molecule has 25 heavy (non-hydrogen) atoms. The Balaban J connectivity index is 1.38. The lowest BCUT2D eigenvalue weighted by atomic mass is 9.99. The van der Waals surface area contributed by atoms with Crippen molar-refractivity contribution in [2.24, 2.45) is 18.0 Å². The van der Waals surface area contributed by atoms with Crippen molar-refractivity contribution < 1.29 is 0 Å². The summed E-state index contributed by atoms with van der Waals surface area (Å²) in [6, 6.07) is 0. The van der Waals surface area contributed by atoms with E-state index in [4.69, 9.17) is 0 Å². The number of nitrogens with zero attached hydrogens (tertiary/aromatic N) is 5. The number of guanidine groups is 1. The van der Waals surface area contributed by atoms with Crippen LogP contribution in [0.2, 0.25) is 0 Å². The highest BCUT2D eigenvalue weighted by molar-refractivity contribution is 5.80. The van der Waals surface area contributed by atoms with E-state index in [-0.39, 0.29) is 0 Å². The van der Waals surface area contributed by atoms with Crippen LogP contribution in [-0.4, -0.2) is 71.9 Å². The summed E-state index contributed by atoms with van der Waals surface area (Å²) in [4.78, 5) is 9.49. The first kappa shape index (κ1) is 18.2. The van der Waals surface area contributed by atoms with Crippen molar-refractivity contribution in [3.63, 3.8) is 0 Å². The minimum atomic E-state index is 0.572. The molecule has 0 amide bonds. The van der Waals surface area contributed by atoms with Gasteiger partial charge in [0, 0.05) is 45.8 Å². The lowest BCUT2D eigenvalue weighted by Gasteiger charge is -2.30. The molecule has 3 heterocycles. The zero-order chi connectivity index (χ0) is 17.6. The number of likely N-dealkylation sites (tertiary alicyclic amines) is 2. The van der Waals surface area contributed by atoms with Gasteiger partial charge in [0.05, 0.1) is 6.20 Å². The predicted octanol–water partition coefficient (Wildman–Crippen LogP) is 1.91. The van der Waals surface area contributed by atoms with Crippen molar-refractivity contribution in [3.05, 3.63) is 18.0 Å². The molecule has 1 atom stereocenters. The molecular weight excluding hydrogens is 312 g/mol. The van der Waals surface area contributed by atoms with Crippen LogP contribution in [0.25, 0.3) is 0 Å². The average Bonchev–Trinajstić information content (AvgIpc) is 3.25. The molecule has 2 aliphatic heterocycles. The van der Waals surface area contributed by atoms with Crippen LogP contribution in [0.5, 0.6) is 0 Å². The third-order valence-corrected chi connectivity index (χ3v) is 5.71. The maximum absolute atomic E-state index is 4.49. The Labute approximate surface area is 152 Å². The van der Waals surface area contributed by atoms with Gasteiger partial charge in [-0.1, -0.05) is 6.92 Å². The van der Waals surface area contributed by atoms with Crippen LogP contribution in [-0.2, 0) is 7.05 Å². The molecule has 1 N–H and O–H groups in total. The molecule has 6 heteroatoms. The molecule has 1 aromatic rings. The van der Waals surface area contributed by atoms with Gasteiger partial charge in [0.2, 0.25) is 0 Å². The molecule has 0 radical (unpaired) electrons. The van der Waals surface area contributed by atoms with Crippen molar-refractivity contribution >= 4 is 5.96 Å². The molecule has 2 fully saturated rings.